The summed E-state index contributed by atoms with van der Waals surface area (Å²) >= 11 is 3.27. The fraction of sp³-hybridized carbons (Fsp3) is 0.200. The molecule has 0 aliphatic heterocycles. The molecule has 1 aromatic carbocycles. The minimum Gasteiger partial charge on any atom is -0.426 e. The van der Waals surface area contributed by atoms with Crippen molar-refractivity contribution in [2.75, 3.05) is 0 Å². The molecule has 0 heterocycles. The number of alkyl halides is 1. The summed E-state index contributed by atoms with van der Waals surface area (Å²) in [6, 6.07) is 6.98. The quantitative estimate of drug-likeness (QED) is 0.462. The molecule has 0 radical (unpaired) electrons. The van der Waals surface area contributed by atoms with Gasteiger partial charge in [0.1, 0.15) is 5.75 Å². The third-order valence-electron chi connectivity index (χ3n) is 1.59. The van der Waals surface area contributed by atoms with Crippen molar-refractivity contribution in [3.63, 3.8) is 0 Å². The van der Waals surface area contributed by atoms with Gasteiger partial charge in [0.2, 0.25) is 0 Å². The van der Waals surface area contributed by atoms with Crippen LogP contribution >= 0.6 is 15.9 Å². The third-order valence-corrected chi connectivity index (χ3v) is 2.20. The average molecular weight is 254 g/mol. The lowest BCUT2D eigenvalue weighted by Gasteiger charge is -2.06. The van der Waals surface area contributed by atoms with Crippen LogP contribution in [0.25, 0.3) is 0 Å². The van der Waals surface area contributed by atoms with E-state index in [9.17, 15) is 4.79 Å². The average Bonchev–Trinajstić information content (AvgIpc) is 2.16. The number of carbonyl (C=O) groups is 1. The van der Waals surface area contributed by atoms with Crippen molar-refractivity contribution in [3.05, 3.63) is 29.3 Å². The molecule has 0 aliphatic rings. The molecule has 72 valence electrons. The molecule has 0 saturated heterocycles. The maximum atomic E-state index is 10.8. The van der Waals surface area contributed by atoms with Crippen LogP contribution in [0.5, 0.6) is 5.75 Å². The summed E-state index contributed by atoms with van der Waals surface area (Å²) in [6.07, 6.45) is 0. The zero-order valence-electron chi connectivity index (χ0n) is 7.58. The summed E-state index contributed by atoms with van der Waals surface area (Å²) in [4.78, 5) is 10.8. The number of hydrogen-bond acceptors (Lipinski definition) is 3. The van der Waals surface area contributed by atoms with Crippen molar-refractivity contribution in [1.82, 2.24) is 0 Å². The van der Waals surface area contributed by atoms with Crippen LogP contribution in [-0.2, 0) is 10.1 Å². The van der Waals surface area contributed by atoms with Crippen molar-refractivity contribution >= 4 is 21.9 Å². The highest BCUT2D eigenvalue weighted by Gasteiger charge is 2.06. The number of halogens is 1. The standard InChI is InChI=1S/C10H8BrNO2/c1-7(13)14-10-4-8(6-12)2-3-9(10)5-11/h2-4H,5H2,1H3. The second-order valence-electron chi connectivity index (χ2n) is 2.66. The van der Waals surface area contributed by atoms with Gasteiger partial charge in [0, 0.05) is 17.8 Å². The molecule has 0 atom stereocenters. The van der Waals surface area contributed by atoms with E-state index in [1.54, 1.807) is 18.2 Å². The van der Waals surface area contributed by atoms with Crippen LogP contribution in [0.3, 0.4) is 0 Å². The second kappa shape index (κ2) is 4.77. The molecular weight excluding hydrogens is 246 g/mol. The lowest BCUT2D eigenvalue weighted by atomic mass is 10.1. The molecule has 0 aromatic heterocycles. The second-order valence-corrected chi connectivity index (χ2v) is 3.22. The first-order valence-electron chi connectivity index (χ1n) is 3.94. The first-order valence-corrected chi connectivity index (χ1v) is 5.07. The lowest BCUT2D eigenvalue weighted by molar-refractivity contribution is -0.131. The van der Waals surface area contributed by atoms with Crippen molar-refractivity contribution in [1.29, 1.82) is 5.26 Å². The van der Waals surface area contributed by atoms with Gasteiger partial charge in [0.15, 0.2) is 0 Å². The Kier molecular flexibility index (Phi) is 3.66. The number of benzene rings is 1. The number of hydrogen-bond donors (Lipinski definition) is 0. The van der Waals surface area contributed by atoms with Gasteiger partial charge in [-0.15, -0.1) is 0 Å². The van der Waals surface area contributed by atoms with Crippen LogP contribution in [0.1, 0.15) is 18.1 Å². The molecule has 14 heavy (non-hydrogen) atoms. The Balaban J connectivity index is 3.09. The third kappa shape index (κ3) is 2.57. The molecular formula is C10H8BrNO2. The van der Waals surface area contributed by atoms with Crippen LogP contribution < -0.4 is 4.74 Å². The van der Waals surface area contributed by atoms with E-state index < -0.39 is 0 Å². The number of rotatable bonds is 2. The highest BCUT2D eigenvalue weighted by molar-refractivity contribution is 9.08. The molecule has 0 unspecified atom stereocenters. The van der Waals surface area contributed by atoms with Crippen molar-refractivity contribution < 1.29 is 9.53 Å². The van der Waals surface area contributed by atoms with Crippen molar-refractivity contribution in [3.8, 4) is 11.8 Å². The van der Waals surface area contributed by atoms with Gasteiger partial charge >= 0.3 is 5.97 Å². The van der Waals surface area contributed by atoms with E-state index in [2.05, 4.69) is 15.9 Å². The molecule has 0 spiro atoms. The van der Waals surface area contributed by atoms with E-state index in [-0.39, 0.29) is 5.97 Å². The lowest BCUT2D eigenvalue weighted by Crippen LogP contribution is -2.03. The predicted octanol–water partition coefficient (Wildman–Crippen LogP) is 2.38. The summed E-state index contributed by atoms with van der Waals surface area (Å²) in [6.45, 7) is 1.33. The van der Waals surface area contributed by atoms with E-state index in [4.69, 9.17) is 10.00 Å². The highest BCUT2D eigenvalue weighted by Crippen LogP contribution is 2.22. The van der Waals surface area contributed by atoms with E-state index in [0.717, 1.165) is 5.56 Å². The van der Waals surface area contributed by atoms with Gasteiger partial charge in [0.25, 0.3) is 0 Å². The zero-order valence-corrected chi connectivity index (χ0v) is 9.17. The van der Waals surface area contributed by atoms with Crippen molar-refractivity contribution in [2.24, 2.45) is 0 Å². The van der Waals surface area contributed by atoms with Crippen LogP contribution in [0.2, 0.25) is 0 Å². The number of ether oxygens (including phenoxy) is 1. The molecule has 4 heteroatoms. The Bertz CT molecular complexity index is 396. The smallest absolute Gasteiger partial charge is 0.308 e. The van der Waals surface area contributed by atoms with E-state index in [0.29, 0.717) is 16.6 Å². The van der Waals surface area contributed by atoms with Crippen LogP contribution in [0, 0.1) is 11.3 Å². The number of nitriles is 1. The van der Waals surface area contributed by atoms with Gasteiger partial charge in [0.05, 0.1) is 11.6 Å². The zero-order chi connectivity index (χ0) is 10.6. The first kappa shape index (κ1) is 10.7. The maximum absolute atomic E-state index is 10.8. The summed E-state index contributed by atoms with van der Waals surface area (Å²) < 4.78 is 4.96. The number of carbonyl (C=O) groups excluding carboxylic acids is 1. The summed E-state index contributed by atoms with van der Waals surface area (Å²) in [5, 5.41) is 9.24. The first-order chi connectivity index (χ1) is 6.67. The Morgan fingerprint density at radius 2 is 2.36 bits per heavy atom. The number of nitrogens with zero attached hydrogens (tertiary/aromatic N) is 1. The van der Waals surface area contributed by atoms with Crippen LogP contribution in [-0.4, -0.2) is 5.97 Å². The largest absolute Gasteiger partial charge is 0.426 e. The van der Waals surface area contributed by atoms with Gasteiger partial charge in [-0.05, 0) is 12.1 Å². The van der Waals surface area contributed by atoms with Gasteiger partial charge in [-0.3, -0.25) is 4.79 Å². The maximum Gasteiger partial charge on any atom is 0.308 e. The van der Waals surface area contributed by atoms with Crippen LogP contribution in [0.15, 0.2) is 18.2 Å². The summed E-state index contributed by atoms with van der Waals surface area (Å²) in [5.41, 5.74) is 1.32. The van der Waals surface area contributed by atoms with Crippen LogP contribution in [0.4, 0.5) is 0 Å². The Hall–Kier alpha value is -1.34. The molecule has 1 rings (SSSR count). The minimum absolute atomic E-state index is 0.387. The van der Waals surface area contributed by atoms with Crippen molar-refractivity contribution in [2.45, 2.75) is 12.3 Å². The van der Waals surface area contributed by atoms with E-state index in [1.165, 1.54) is 6.92 Å². The Morgan fingerprint density at radius 3 is 2.86 bits per heavy atom. The van der Waals surface area contributed by atoms with Gasteiger partial charge < -0.3 is 4.74 Å². The Labute approximate surface area is 90.4 Å². The molecule has 3 nitrogen and oxygen atoms in total. The molecule has 0 amide bonds. The van der Waals surface area contributed by atoms with Gasteiger partial charge in [-0.2, -0.15) is 5.26 Å². The Morgan fingerprint density at radius 1 is 1.64 bits per heavy atom. The number of esters is 1. The van der Waals surface area contributed by atoms with Gasteiger partial charge in [-0.25, -0.2) is 0 Å². The summed E-state index contributed by atoms with van der Waals surface area (Å²) in [5.74, 6) is 0.0516. The SMILES string of the molecule is CC(=O)Oc1cc(C#N)ccc1CBr. The predicted molar refractivity (Wildman–Crippen MR) is 55.1 cm³/mol. The fourth-order valence-corrected chi connectivity index (χ4v) is 1.45. The fourth-order valence-electron chi connectivity index (χ4n) is 0.984. The normalized spacial score (nSPS) is 9.21. The van der Waals surface area contributed by atoms with E-state index in [1.807, 2.05) is 6.07 Å². The molecule has 0 N–H and O–H groups in total. The molecule has 0 fully saturated rings. The highest BCUT2D eigenvalue weighted by atomic mass is 79.9. The molecule has 0 bridgehead atoms. The van der Waals surface area contributed by atoms with Gasteiger partial charge in [-0.1, -0.05) is 22.0 Å². The molecule has 0 aliphatic carbocycles. The molecule has 0 saturated carbocycles. The monoisotopic (exact) mass is 253 g/mol. The van der Waals surface area contributed by atoms with E-state index >= 15 is 0 Å². The summed E-state index contributed by atoms with van der Waals surface area (Å²) in [7, 11) is 0. The topological polar surface area (TPSA) is 50.1 Å². The molecule has 1 aromatic rings. The minimum atomic E-state index is -0.387.